The summed E-state index contributed by atoms with van der Waals surface area (Å²) in [7, 11) is 0. The Bertz CT molecular complexity index is 232. The summed E-state index contributed by atoms with van der Waals surface area (Å²) in [6.07, 6.45) is 4.20. The van der Waals surface area contributed by atoms with Crippen molar-refractivity contribution < 1.29 is 5.11 Å². The van der Waals surface area contributed by atoms with E-state index in [1.54, 1.807) is 30.2 Å². The molecular weight excluding hydrogens is 186 g/mol. The van der Waals surface area contributed by atoms with E-state index in [4.69, 9.17) is 10.8 Å². The molecule has 0 radical (unpaired) electrons. The Morgan fingerprint density at radius 3 is 2.77 bits per heavy atom. The first kappa shape index (κ1) is 10.4. The molecule has 5 heteroatoms. The summed E-state index contributed by atoms with van der Waals surface area (Å²) >= 11 is 1.55. The Morgan fingerprint density at radius 2 is 2.15 bits per heavy atom. The number of thioether (sulfide) groups is 1. The van der Waals surface area contributed by atoms with E-state index in [1.807, 2.05) is 0 Å². The van der Waals surface area contributed by atoms with Gasteiger partial charge < -0.3 is 10.8 Å². The van der Waals surface area contributed by atoms with Gasteiger partial charge in [-0.25, -0.2) is 9.97 Å². The summed E-state index contributed by atoms with van der Waals surface area (Å²) in [5.41, 5.74) is 5.53. The fourth-order valence-electron chi connectivity index (χ4n) is 0.753. The van der Waals surface area contributed by atoms with E-state index in [1.165, 1.54) is 0 Å². The summed E-state index contributed by atoms with van der Waals surface area (Å²) < 4.78 is 0. The van der Waals surface area contributed by atoms with Crippen LogP contribution in [0.4, 0.5) is 0 Å². The van der Waals surface area contributed by atoms with E-state index in [9.17, 15) is 0 Å². The third-order valence-corrected chi connectivity index (χ3v) is 2.41. The van der Waals surface area contributed by atoms with Crippen molar-refractivity contribution in [1.29, 1.82) is 0 Å². The molecule has 0 aliphatic heterocycles. The second-order valence-corrected chi connectivity index (χ2v) is 3.67. The molecule has 0 bridgehead atoms. The molecule has 0 aliphatic carbocycles. The molecule has 1 atom stereocenters. The van der Waals surface area contributed by atoms with Crippen LogP contribution in [0.25, 0.3) is 0 Å². The van der Waals surface area contributed by atoms with Gasteiger partial charge in [-0.3, -0.25) is 0 Å². The van der Waals surface area contributed by atoms with Gasteiger partial charge in [0.1, 0.15) is 0 Å². The largest absolute Gasteiger partial charge is 0.395 e. The van der Waals surface area contributed by atoms with Gasteiger partial charge in [0.2, 0.25) is 0 Å². The summed E-state index contributed by atoms with van der Waals surface area (Å²) in [6, 6.07) is 1.65. The summed E-state index contributed by atoms with van der Waals surface area (Å²) in [5, 5.41) is 9.42. The van der Waals surface area contributed by atoms with Gasteiger partial charge in [0, 0.05) is 24.2 Å². The number of rotatable bonds is 5. The SMILES string of the molecule is NC(CO)CCSc1ncccn1. The topological polar surface area (TPSA) is 72.0 Å². The molecule has 1 heterocycles. The molecule has 0 fully saturated rings. The molecule has 0 saturated heterocycles. The van der Waals surface area contributed by atoms with Crippen LogP contribution >= 0.6 is 11.8 Å². The zero-order valence-electron chi connectivity index (χ0n) is 7.26. The quantitative estimate of drug-likeness (QED) is 0.526. The zero-order chi connectivity index (χ0) is 9.52. The van der Waals surface area contributed by atoms with Crippen LogP contribution in [0.1, 0.15) is 6.42 Å². The van der Waals surface area contributed by atoms with Crippen molar-refractivity contribution in [3.05, 3.63) is 18.5 Å². The molecule has 0 saturated carbocycles. The molecule has 0 spiro atoms. The van der Waals surface area contributed by atoms with Crippen molar-refractivity contribution in [2.45, 2.75) is 17.6 Å². The minimum atomic E-state index is -0.129. The predicted octanol–water partition coefficient (Wildman–Crippen LogP) is 0.278. The van der Waals surface area contributed by atoms with Gasteiger partial charge in [0.15, 0.2) is 5.16 Å². The lowest BCUT2D eigenvalue weighted by atomic mass is 10.3. The number of hydrogen-bond acceptors (Lipinski definition) is 5. The van der Waals surface area contributed by atoms with E-state index in [-0.39, 0.29) is 12.6 Å². The molecule has 72 valence electrons. The normalized spacial score (nSPS) is 12.8. The van der Waals surface area contributed by atoms with Crippen LogP contribution in [0.15, 0.2) is 23.6 Å². The maximum Gasteiger partial charge on any atom is 0.187 e. The maximum atomic E-state index is 8.67. The predicted molar refractivity (Wildman–Crippen MR) is 52.4 cm³/mol. The Balaban J connectivity index is 2.20. The first-order valence-corrected chi connectivity index (χ1v) is 5.07. The zero-order valence-corrected chi connectivity index (χ0v) is 8.07. The highest BCUT2D eigenvalue weighted by Crippen LogP contribution is 2.12. The van der Waals surface area contributed by atoms with Crippen LogP contribution < -0.4 is 5.73 Å². The Hall–Kier alpha value is -0.650. The molecule has 1 rings (SSSR count). The molecule has 0 aromatic carbocycles. The van der Waals surface area contributed by atoms with Gasteiger partial charge in [0.25, 0.3) is 0 Å². The Labute approximate surface area is 81.6 Å². The second-order valence-electron chi connectivity index (χ2n) is 2.61. The number of nitrogens with two attached hydrogens (primary N) is 1. The van der Waals surface area contributed by atoms with Crippen LogP contribution in [0.2, 0.25) is 0 Å². The molecule has 0 amide bonds. The number of hydrogen-bond donors (Lipinski definition) is 2. The first-order chi connectivity index (χ1) is 6.33. The van der Waals surface area contributed by atoms with E-state index >= 15 is 0 Å². The monoisotopic (exact) mass is 199 g/mol. The lowest BCUT2D eigenvalue weighted by Gasteiger charge is -2.05. The third kappa shape index (κ3) is 4.21. The van der Waals surface area contributed by atoms with Gasteiger partial charge in [-0.1, -0.05) is 11.8 Å². The average molecular weight is 199 g/mol. The molecule has 0 aliphatic rings. The third-order valence-electron chi connectivity index (χ3n) is 1.50. The fourth-order valence-corrected chi connectivity index (χ4v) is 1.63. The van der Waals surface area contributed by atoms with Gasteiger partial charge in [0.05, 0.1) is 6.61 Å². The summed E-state index contributed by atoms with van der Waals surface area (Å²) in [6.45, 7) is 0.0379. The molecule has 1 unspecified atom stereocenters. The second kappa shape index (κ2) is 5.90. The molecule has 1 aromatic heterocycles. The van der Waals surface area contributed by atoms with Crippen molar-refractivity contribution in [3.63, 3.8) is 0 Å². The van der Waals surface area contributed by atoms with Crippen molar-refractivity contribution in [1.82, 2.24) is 9.97 Å². The molecule has 3 N–H and O–H groups in total. The van der Waals surface area contributed by atoms with Gasteiger partial charge in [-0.2, -0.15) is 0 Å². The Kier molecular flexibility index (Phi) is 4.74. The average Bonchev–Trinajstić information content (AvgIpc) is 2.19. The lowest BCUT2D eigenvalue weighted by Crippen LogP contribution is -2.24. The standard InChI is InChI=1S/C8H13N3OS/c9-7(6-12)2-5-13-8-10-3-1-4-11-8/h1,3-4,7,12H,2,5-6,9H2. The fraction of sp³-hybridized carbons (Fsp3) is 0.500. The highest BCUT2D eigenvalue weighted by Gasteiger charge is 2.01. The van der Waals surface area contributed by atoms with Crippen LogP contribution in [0.3, 0.4) is 0 Å². The van der Waals surface area contributed by atoms with Gasteiger partial charge >= 0.3 is 0 Å². The molecule has 4 nitrogen and oxygen atoms in total. The van der Waals surface area contributed by atoms with Crippen LogP contribution in [0, 0.1) is 0 Å². The first-order valence-electron chi connectivity index (χ1n) is 4.09. The van der Waals surface area contributed by atoms with E-state index in [0.29, 0.717) is 0 Å². The highest BCUT2D eigenvalue weighted by molar-refractivity contribution is 7.99. The minimum Gasteiger partial charge on any atom is -0.395 e. The van der Waals surface area contributed by atoms with E-state index < -0.39 is 0 Å². The van der Waals surface area contributed by atoms with Gasteiger partial charge in [-0.15, -0.1) is 0 Å². The molecular formula is C8H13N3OS. The highest BCUT2D eigenvalue weighted by atomic mass is 32.2. The smallest absolute Gasteiger partial charge is 0.187 e. The number of aliphatic hydroxyl groups is 1. The van der Waals surface area contributed by atoms with Crippen LogP contribution in [-0.4, -0.2) is 33.5 Å². The number of aliphatic hydroxyl groups excluding tert-OH is 1. The number of nitrogens with zero attached hydrogens (tertiary/aromatic N) is 2. The number of aromatic nitrogens is 2. The van der Waals surface area contributed by atoms with Gasteiger partial charge in [-0.05, 0) is 12.5 Å². The molecule has 13 heavy (non-hydrogen) atoms. The minimum absolute atomic E-state index is 0.0379. The lowest BCUT2D eigenvalue weighted by molar-refractivity contribution is 0.264. The van der Waals surface area contributed by atoms with E-state index in [2.05, 4.69) is 9.97 Å². The van der Waals surface area contributed by atoms with Crippen molar-refractivity contribution in [2.24, 2.45) is 5.73 Å². The van der Waals surface area contributed by atoms with Crippen molar-refractivity contribution >= 4 is 11.8 Å². The van der Waals surface area contributed by atoms with Crippen LogP contribution in [0.5, 0.6) is 0 Å². The Morgan fingerprint density at radius 1 is 1.46 bits per heavy atom. The van der Waals surface area contributed by atoms with Crippen molar-refractivity contribution in [3.8, 4) is 0 Å². The van der Waals surface area contributed by atoms with Crippen molar-refractivity contribution in [2.75, 3.05) is 12.4 Å². The van der Waals surface area contributed by atoms with E-state index in [0.717, 1.165) is 17.3 Å². The summed E-state index contributed by atoms with van der Waals surface area (Å²) in [5.74, 6) is 0.839. The summed E-state index contributed by atoms with van der Waals surface area (Å²) in [4.78, 5) is 8.10. The molecule has 1 aromatic rings. The maximum absolute atomic E-state index is 8.67. The van der Waals surface area contributed by atoms with Crippen LogP contribution in [-0.2, 0) is 0 Å².